The molecule has 1 aliphatic rings. The van der Waals surface area contributed by atoms with Crippen molar-refractivity contribution >= 4 is 41.0 Å². The van der Waals surface area contributed by atoms with Crippen molar-refractivity contribution in [3.63, 3.8) is 0 Å². The third-order valence-electron chi connectivity index (χ3n) is 8.19. The lowest BCUT2D eigenvalue weighted by Crippen LogP contribution is -2.71. The fourth-order valence-corrected chi connectivity index (χ4v) is 6.27. The second-order valence-electron chi connectivity index (χ2n) is 11.9. The molecule has 2 aromatic carbocycles. The first-order valence-corrected chi connectivity index (χ1v) is 17.0. The largest absolute Gasteiger partial charge is 0.481 e. The number of carboxylic acid groups (broad SMARTS) is 2. The summed E-state index contributed by atoms with van der Waals surface area (Å²) in [5.41, 5.74) is 2.14. The molecule has 0 aliphatic carbocycles. The molecule has 1 saturated heterocycles. The normalized spacial score (nSPS) is 21.4. The van der Waals surface area contributed by atoms with E-state index in [1.807, 2.05) is 30.3 Å². The number of aliphatic hydroxyl groups excluding tert-OH is 2. The number of carbonyl (C=O) groups excluding carboxylic acids is 3. The van der Waals surface area contributed by atoms with Gasteiger partial charge in [0.2, 0.25) is 5.91 Å². The van der Waals surface area contributed by atoms with Gasteiger partial charge in [-0.3, -0.25) is 19.2 Å². The quantitative estimate of drug-likeness (QED) is 0.101. The lowest BCUT2D eigenvalue weighted by Gasteiger charge is -2.48. The average molecular weight is 712 g/mol. The molecule has 1 fully saturated rings. The number of hydrogen-bond acceptors (Lipinski definition) is 10. The fourth-order valence-electron chi connectivity index (χ4n) is 5.64. The van der Waals surface area contributed by atoms with Crippen LogP contribution in [-0.2, 0) is 23.9 Å². The lowest BCUT2D eigenvalue weighted by molar-refractivity contribution is -0.300. The highest BCUT2D eigenvalue weighted by atomic mass is 32.1. The van der Waals surface area contributed by atoms with Gasteiger partial charge in [0.1, 0.15) is 12.2 Å². The predicted octanol–water partition coefficient (Wildman–Crippen LogP) is 2.40. The molecular formula is C35H41N3O11S. The first-order chi connectivity index (χ1) is 23.9. The van der Waals surface area contributed by atoms with Crippen LogP contribution in [0.3, 0.4) is 0 Å². The van der Waals surface area contributed by atoms with Gasteiger partial charge in [0, 0.05) is 31.9 Å². The average Bonchev–Trinajstić information content (AvgIpc) is 3.65. The molecule has 3 amide bonds. The molecule has 268 valence electrons. The van der Waals surface area contributed by atoms with Crippen LogP contribution in [0.5, 0.6) is 0 Å². The van der Waals surface area contributed by atoms with Crippen LogP contribution < -0.4 is 16.0 Å². The SMILES string of the molecule is CC(=O)N[C@H]1[C@H]([C@H](O)[C@H](O)CNC(=O)c2ccc(-c3ccccc3)cc2)O[C@@](OCCCCCC(=O)O)(C(=O)O)C[C@@H]1NC(=O)c1cccs1. The number of benzene rings is 2. The Labute approximate surface area is 292 Å². The number of carboxylic acids is 2. The molecule has 0 saturated carbocycles. The summed E-state index contributed by atoms with van der Waals surface area (Å²) in [5, 5.41) is 51.3. The number of unbranched alkanes of at least 4 members (excludes halogenated alkanes) is 2. The first kappa shape index (κ1) is 38.1. The molecular weight excluding hydrogens is 670 g/mol. The van der Waals surface area contributed by atoms with Crippen molar-refractivity contribution < 1.29 is 53.9 Å². The Bertz CT molecular complexity index is 1600. The lowest BCUT2D eigenvalue weighted by atomic mass is 9.86. The van der Waals surface area contributed by atoms with Gasteiger partial charge >= 0.3 is 11.9 Å². The van der Waals surface area contributed by atoms with Gasteiger partial charge in [-0.1, -0.05) is 55.0 Å². The zero-order valence-electron chi connectivity index (χ0n) is 27.3. The summed E-state index contributed by atoms with van der Waals surface area (Å²) in [6.45, 7) is 0.532. The number of hydrogen-bond donors (Lipinski definition) is 7. The van der Waals surface area contributed by atoms with Gasteiger partial charge in [0.15, 0.2) is 0 Å². The molecule has 2 heterocycles. The molecule has 3 aromatic rings. The van der Waals surface area contributed by atoms with Crippen molar-refractivity contribution in [2.24, 2.45) is 0 Å². The van der Waals surface area contributed by atoms with Gasteiger partial charge in [-0.05, 0) is 47.5 Å². The van der Waals surface area contributed by atoms with Gasteiger partial charge < -0.3 is 45.9 Å². The van der Waals surface area contributed by atoms with Gasteiger partial charge in [0.25, 0.3) is 17.6 Å². The molecule has 14 nitrogen and oxygen atoms in total. The standard InChI is InChI=1S/C35H41N3O11S/c1-21(39)37-29-25(38-33(45)27-11-8-18-50-27)19-35(34(46)47,48-17-7-3-6-12-28(41)42)49-31(29)30(43)26(40)20-36-32(44)24-15-13-23(14-16-24)22-9-4-2-5-10-22/h2,4-5,8-11,13-16,18,25-26,29-31,40,43H,3,6-7,12,17,19-20H2,1H3,(H,36,44)(H,37,39)(H,38,45)(H,41,42)(H,46,47)/t25-,26+,29+,30+,31+,35+/m0/s1. The molecule has 7 N–H and O–H groups in total. The van der Waals surface area contributed by atoms with Crippen LogP contribution in [0.25, 0.3) is 11.1 Å². The number of carbonyl (C=O) groups is 5. The zero-order valence-corrected chi connectivity index (χ0v) is 28.1. The van der Waals surface area contributed by atoms with Crippen molar-refractivity contribution in [1.82, 2.24) is 16.0 Å². The third-order valence-corrected chi connectivity index (χ3v) is 9.06. The van der Waals surface area contributed by atoms with Crippen LogP contribution in [-0.4, -0.2) is 99.4 Å². The summed E-state index contributed by atoms with van der Waals surface area (Å²) in [5.74, 6) is -6.71. The summed E-state index contributed by atoms with van der Waals surface area (Å²) < 4.78 is 11.7. The fraction of sp³-hybridized carbons (Fsp3) is 0.400. The van der Waals surface area contributed by atoms with Crippen LogP contribution in [0, 0.1) is 0 Å². The minimum atomic E-state index is -2.44. The van der Waals surface area contributed by atoms with Gasteiger partial charge in [-0.2, -0.15) is 0 Å². The molecule has 1 aliphatic heterocycles. The number of aliphatic carboxylic acids is 2. The first-order valence-electron chi connectivity index (χ1n) is 16.1. The molecule has 0 unspecified atom stereocenters. The van der Waals surface area contributed by atoms with E-state index in [1.54, 1.807) is 41.8 Å². The van der Waals surface area contributed by atoms with Crippen LogP contribution >= 0.6 is 11.3 Å². The summed E-state index contributed by atoms with van der Waals surface area (Å²) in [7, 11) is 0. The van der Waals surface area contributed by atoms with E-state index >= 15 is 0 Å². The highest BCUT2D eigenvalue weighted by Gasteiger charge is 2.56. The molecule has 4 rings (SSSR count). The topological polar surface area (TPSA) is 221 Å². The highest BCUT2D eigenvalue weighted by Crippen LogP contribution is 2.34. The molecule has 6 atom stereocenters. The number of thiophene rings is 1. The van der Waals surface area contributed by atoms with E-state index in [0.717, 1.165) is 22.5 Å². The van der Waals surface area contributed by atoms with Crippen molar-refractivity contribution in [3.05, 3.63) is 82.6 Å². The second kappa shape index (κ2) is 17.8. The minimum absolute atomic E-state index is 0.0719. The van der Waals surface area contributed by atoms with Crippen molar-refractivity contribution in [2.45, 2.75) is 75.2 Å². The second-order valence-corrected chi connectivity index (χ2v) is 12.8. The zero-order chi connectivity index (χ0) is 36.3. The predicted molar refractivity (Wildman–Crippen MR) is 181 cm³/mol. The Morgan fingerprint density at radius 1 is 0.900 bits per heavy atom. The summed E-state index contributed by atoms with van der Waals surface area (Å²) in [6, 6.07) is 17.1. The Kier molecular flexibility index (Phi) is 13.6. The highest BCUT2D eigenvalue weighted by molar-refractivity contribution is 7.12. The molecule has 1 aromatic heterocycles. The maximum Gasteiger partial charge on any atom is 0.364 e. The van der Waals surface area contributed by atoms with E-state index in [2.05, 4.69) is 16.0 Å². The number of amides is 3. The van der Waals surface area contributed by atoms with E-state index in [9.17, 15) is 39.3 Å². The summed E-state index contributed by atoms with van der Waals surface area (Å²) in [4.78, 5) is 62.4. The van der Waals surface area contributed by atoms with E-state index in [0.29, 0.717) is 17.7 Å². The van der Waals surface area contributed by atoms with Crippen LogP contribution in [0.4, 0.5) is 0 Å². The van der Waals surface area contributed by atoms with Gasteiger partial charge in [0.05, 0.1) is 29.7 Å². The minimum Gasteiger partial charge on any atom is -0.481 e. The summed E-state index contributed by atoms with van der Waals surface area (Å²) >= 11 is 1.13. The van der Waals surface area contributed by atoms with Gasteiger partial charge in [-0.15, -0.1) is 11.3 Å². The molecule has 0 spiro atoms. The number of nitrogens with one attached hydrogen (secondary N) is 3. The maximum atomic E-state index is 13.1. The molecule has 50 heavy (non-hydrogen) atoms. The van der Waals surface area contributed by atoms with Crippen molar-refractivity contribution in [3.8, 4) is 11.1 Å². The van der Waals surface area contributed by atoms with Crippen molar-refractivity contribution in [2.75, 3.05) is 13.2 Å². The van der Waals surface area contributed by atoms with Gasteiger partial charge in [-0.25, -0.2) is 4.79 Å². The third kappa shape index (κ3) is 10.2. The smallest absolute Gasteiger partial charge is 0.364 e. The number of aliphatic hydroxyl groups is 2. The van der Waals surface area contributed by atoms with Crippen LogP contribution in [0.15, 0.2) is 72.1 Å². The monoisotopic (exact) mass is 711 g/mol. The molecule has 0 radical (unpaired) electrons. The Morgan fingerprint density at radius 3 is 2.22 bits per heavy atom. The number of ether oxygens (including phenoxy) is 2. The van der Waals surface area contributed by atoms with E-state index in [1.165, 1.54) is 6.92 Å². The summed E-state index contributed by atoms with van der Waals surface area (Å²) in [6.07, 6.45) is -4.81. The molecule has 0 bridgehead atoms. The van der Waals surface area contributed by atoms with E-state index in [4.69, 9.17) is 14.6 Å². The Balaban J connectivity index is 1.53. The van der Waals surface area contributed by atoms with E-state index in [-0.39, 0.29) is 25.0 Å². The van der Waals surface area contributed by atoms with E-state index < -0.39 is 78.8 Å². The Hall–Kier alpha value is -4.67. The Morgan fingerprint density at radius 2 is 1.60 bits per heavy atom. The van der Waals surface area contributed by atoms with Crippen LogP contribution in [0.1, 0.15) is 59.1 Å². The molecule has 15 heteroatoms. The number of rotatable bonds is 17. The van der Waals surface area contributed by atoms with Crippen molar-refractivity contribution in [1.29, 1.82) is 0 Å². The maximum absolute atomic E-state index is 13.1. The van der Waals surface area contributed by atoms with Crippen LogP contribution in [0.2, 0.25) is 0 Å².